The third-order valence-electron chi connectivity index (χ3n) is 6.66. The topological polar surface area (TPSA) is 135 Å². The molecule has 0 amide bonds. The first-order valence-corrected chi connectivity index (χ1v) is 12.5. The average molecular weight is 530 g/mol. The van der Waals surface area contributed by atoms with Gasteiger partial charge in [0.1, 0.15) is 0 Å². The Labute approximate surface area is 224 Å². The number of piperidine rings is 1. The first-order chi connectivity index (χ1) is 18.9. The Morgan fingerprint density at radius 2 is 1.36 bits per heavy atom. The molecule has 4 aromatic rings. The van der Waals surface area contributed by atoms with Gasteiger partial charge in [0, 0.05) is 43.6 Å². The van der Waals surface area contributed by atoms with Crippen molar-refractivity contribution in [2.24, 2.45) is 0 Å². The van der Waals surface area contributed by atoms with E-state index in [0.717, 1.165) is 23.1 Å². The fourth-order valence-electron chi connectivity index (χ4n) is 4.67. The molecule has 39 heavy (non-hydrogen) atoms. The molecule has 1 saturated heterocycles. The van der Waals surface area contributed by atoms with E-state index in [2.05, 4.69) is 39.3 Å². The summed E-state index contributed by atoms with van der Waals surface area (Å²) in [6.07, 6.45) is -2.05. The maximum absolute atomic E-state index is 11.0. The SMILES string of the molecule is O=C(O)OC1(OC(=O)O)CCN(Cc2ccc(-c3noc(-c4ccc(Cc5ccccc5)cc4)n3)cc2)CC1. The molecular weight excluding hydrogens is 502 g/mol. The van der Waals surface area contributed by atoms with Gasteiger partial charge in [0.05, 0.1) is 0 Å². The van der Waals surface area contributed by atoms with Gasteiger partial charge in [-0.05, 0) is 35.2 Å². The first-order valence-electron chi connectivity index (χ1n) is 12.5. The molecule has 10 heteroatoms. The second kappa shape index (κ2) is 11.4. The fraction of sp³-hybridized carbons (Fsp3) is 0.241. The van der Waals surface area contributed by atoms with Crippen molar-refractivity contribution < 1.29 is 33.8 Å². The molecule has 10 nitrogen and oxygen atoms in total. The molecule has 2 N–H and O–H groups in total. The van der Waals surface area contributed by atoms with Crippen LogP contribution in [0.25, 0.3) is 22.8 Å². The van der Waals surface area contributed by atoms with Crippen LogP contribution in [0.5, 0.6) is 0 Å². The number of benzene rings is 3. The summed E-state index contributed by atoms with van der Waals surface area (Å²) in [5.41, 5.74) is 5.14. The average Bonchev–Trinajstić information content (AvgIpc) is 3.41. The number of nitrogens with zero attached hydrogens (tertiary/aromatic N) is 3. The van der Waals surface area contributed by atoms with Gasteiger partial charge in [-0.2, -0.15) is 4.98 Å². The number of hydrogen-bond donors (Lipinski definition) is 2. The summed E-state index contributed by atoms with van der Waals surface area (Å²) in [4.78, 5) is 28.7. The number of likely N-dealkylation sites (tertiary alicyclic amines) is 1. The second-order valence-corrected chi connectivity index (χ2v) is 9.40. The lowest BCUT2D eigenvalue weighted by atomic mass is 10.0. The first kappa shape index (κ1) is 25.9. The van der Waals surface area contributed by atoms with Crippen molar-refractivity contribution in [1.29, 1.82) is 0 Å². The maximum atomic E-state index is 11.0. The summed E-state index contributed by atoms with van der Waals surface area (Å²) in [6, 6.07) is 26.1. The van der Waals surface area contributed by atoms with E-state index >= 15 is 0 Å². The molecule has 1 fully saturated rings. The normalized spacial score (nSPS) is 15.0. The van der Waals surface area contributed by atoms with Crippen LogP contribution < -0.4 is 0 Å². The number of carbonyl (C=O) groups is 2. The van der Waals surface area contributed by atoms with Gasteiger partial charge in [-0.1, -0.05) is 71.9 Å². The highest BCUT2D eigenvalue weighted by Gasteiger charge is 2.42. The van der Waals surface area contributed by atoms with Crippen molar-refractivity contribution in [3.63, 3.8) is 0 Å². The Morgan fingerprint density at radius 1 is 0.795 bits per heavy atom. The van der Waals surface area contributed by atoms with E-state index in [4.69, 9.17) is 24.2 Å². The molecule has 1 aliphatic rings. The minimum Gasteiger partial charge on any atom is -0.450 e. The van der Waals surface area contributed by atoms with Gasteiger partial charge in [-0.15, -0.1) is 0 Å². The van der Waals surface area contributed by atoms with Gasteiger partial charge >= 0.3 is 12.3 Å². The molecule has 1 aliphatic heterocycles. The third-order valence-corrected chi connectivity index (χ3v) is 6.66. The molecule has 2 heterocycles. The van der Waals surface area contributed by atoms with Crippen LogP contribution >= 0.6 is 0 Å². The second-order valence-electron chi connectivity index (χ2n) is 9.40. The molecule has 0 atom stereocenters. The van der Waals surface area contributed by atoms with Crippen molar-refractivity contribution >= 4 is 12.3 Å². The Kier molecular flexibility index (Phi) is 7.55. The number of rotatable bonds is 8. The molecule has 0 saturated carbocycles. The lowest BCUT2D eigenvalue weighted by Crippen LogP contribution is -2.49. The van der Waals surface area contributed by atoms with Crippen molar-refractivity contribution in [2.75, 3.05) is 13.1 Å². The molecule has 3 aromatic carbocycles. The molecule has 0 aliphatic carbocycles. The van der Waals surface area contributed by atoms with E-state index < -0.39 is 18.1 Å². The third kappa shape index (κ3) is 6.60. The summed E-state index contributed by atoms with van der Waals surface area (Å²) >= 11 is 0. The number of hydrogen-bond acceptors (Lipinski definition) is 8. The fourth-order valence-corrected chi connectivity index (χ4v) is 4.67. The smallest absolute Gasteiger partial charge is 0.450 e. The van der Waals surface area contributed by atoms with E-state index in [1.807, 2.05) is 54.6 Å². The minimum absolute atomic E-state index is 0.114. The monoisotopic (exact) mass is 529 g/mol. The van der Waals surface area contributed by atoms with E-state index in [1.165, 1.54) is 11.1 Å². The van der Waals surface area contributed by atoms with Gasteiger partial charge in [-0.25, -0.2) is 9.59 Å². The number of carboxylic acid groups (broad SMARTS) is 2. The van der Waals surface area contributed by atoms with Crippen LogP contribution in [0.15, 0.2) is 83.4 Å². The van der Waals surface area contributed by atoms with Crippen molar-refractivity contribution in [3.05, 3.63) is 95.6 Å². The zero-order valence-electron chi connectivity index (χ0n) is 21.0. The highest BCUT2D eigenvalue weighted by molar-refractivity contribution is 5.61. The minimum atomic E-state index is -1.67. The highest BCUT2D eigenvalue weighted by atomic mass is 16.8. The molecule has 1 aromatic heterocycles. The van der Waals surface area contributed by atoms with Gasteiger partial charge in [-0.3, -0.25) is 4.90 Å². The van der Waals surface area contributed by atoms with E-state index in [0.29, 0.717) is 31.3 Å². The van der Waals surface area contributed by atoms with Crippen LogP contribution in [0.1, 0.15) is 29.5 Å². The van der Waals surface area contributed by atoms with Gasteiger partial charge in [0.15, 0.2) is 0 Å². The van der Waals surface area contributed by atoms with Crippen LogP contribution in [-0.2, 0) is 22.4 Å². The zero-order valence-corrected chi connectivity index (χ0v) is 21.0. The molecule has 0 radical (unpaired) electrons. The predicted molar refractivity (Wildman–Crippen MR) is 140 cm³/mol. The highest BCUT2D eigenvalue weighted by Crippen LogP contribution is 2.30. The van der Waals surface area contributed by atoms with Crippen LogP contribution in [0.4, 0.5) is 9.59 Å². The lowest BCUT2D eigenvalue weighted by Gasteiger charge is -2.38. The van der Waals surface area contributed by atoms with Crippen molar-refractivity contribution in [3.8, 4) is 22.8 Å². The standard InChI is InChI=1S/C29H27N3O7/c33-27(34)37-29(38-28(35)36)14-16-32(17-15-29)19-22-8-10-23(11-9-22)25-30-26(39-31-25)24-12-6-21(7-13-24)18-20-4-2-1-3-5-20/h1-13H,14-19H2,(H,33,34)(H,35,36). The Balaban J connectivity index is 1.18. The molecular formula is C29H27N3O7. The Bertz CT molecular complexity index is 1390. The summed E-state index contributed by atoms with van der Waals surface area (Å²) in [5.74, 6) is -0.732. The van der Waals surface area contributed by atoms with E-state index in [1.54, 1.807) is 0 Å². The molecule has 5 rings (SSSR count). The molecule has 0 spiro atoms. The van der Waals surface area contributed by atoms with Gasteiger partial charge < -0.3 is 24.2 Å². The Hall–Kier alpha value is -4.70. The predicted octanol–water partition coefficient (Wildman–Crippen LogP) is 5.68. The van der Waals surface area contributed by atoms with Gasteiger partial charge in [0.2, 0.25) is 5.82 Å². The zero-order chi connectivity index (χ0) is 27.2. The number of ether oxygens (including phenoxy) is 2. The molecule has 0 bridgehead atoms. The van der Waals surface area contributed by atoms with Crippen LogP contribution in [0.3, 0.4) is 0 Å². The van der Waals surface area contributed by atoms with Crippen molar-refractivity contribution in [1.82, 2.24) is 15.0 Å². The van der Waals surface area contributed by atoms with Gasteiger partial charge in [0.25, 0.3) is 11.7 Å². The summed E-state index contributed by atoms with van der Waals surface area (Å²) in [5, 5.41) is 22.1. The molecule has 200 valence electrons. The van der Waals surface area contributed by atoms with Crippen molar-refractivity contribution in [2.45, 2.75) is 31.6 Å². The summed E-state index contributed by atoms with van der Waals surface area (Å²) in [7, 11) is 0. The summed E-state index contributed by atoms with van der Waals surface area (Å²) in [6.45, 7) is 1.44. The Morgan fingerprint density at radius 3 is 1.97 bits per heavy atom. The van der Waals surface area contributed by atoms with Crippen LogP contribution in [-0.4, -0.2) is 56.4 Å². The maximum Gasteiger partial charge on any atom is 0.509 e. The number of aromatic nitrogens is 2. The lowest BCUT2D eigenvalue weighted by molar-refractivity contribution is -0.205. The largest absolute Gasteiger partial charge is 0.509 e. The van der Waals surface area contributed by atoms with E-state index in [9.17, 15) is 9.59 Å². The summed E-state index contributed by atoms with van der Waals surface area (Å²) < 4.78 is 15.1. The van der Waals surface area contributed by atoms with Crippen LogP contribution in [0.2, 0.25) is 0 Å². The quantitative estimate of drug-likeness (QED) is 0.217. The van der Waals surface area contributed by atoms with E-state index in [-0.39, 0.29) is 12.8 Å². The van der Waals surface area contributed by atoms with Crippen LogP contribution in [0, 0.1) is 0 Å². The molecule has 0 unspecified atom stereocenters.